The van der Waals surface area contributed by atoms with Crippen LogP contribution in [0, 0.1) is 0 Å². The standard InChI is InChI=1S/C13H22N6O2/c1-9(2)17-13(20)11-8-21-4-3-19(11)7-10-5-16-12(18-14)6-15-10/h5-6,9,11H,3-4,7-8,14H2,1-2H3,(H,16,18)(H,17,20). The molecule has 4 N–H and O–H groups in total. The molecule has 8 heteroatoms. The van der Waals surface area contributed by atoms with Crippen LogP contribution >= 0.6 is 0 Å². The third kappa shape index (κ3) is 4.35. The van der Waals surface area contributed by atoms with E-state index in [1.54, 1.807) is 12.4 Å². The molecule has 0 aromatic carbocycles. The summed E-state index contributed by atoms with van der Waals surface area (Å²) in [6, 6.07) is -0.189. The number of aromatic nitrogens is 2. The van der Waals surface area contributed by atoms with Crippen molar-refractivity contribution in [2.45, 2.75) is 32.5 Å². The molecule has 21 heavy (non-hydrogen) atoms. The van der Waals surface area contributed by atoms with Gasteiger partial charge in [0.25, 0.3) is 0 Å². The van der Waals surface area contributed by atoms with Crippen LogP contribution in [-0.4, -0.2) is 52.6 Å². The third-order valence-electron chi connectivity index (χ3n) is 3.19. The Morgan fingerprint density at radius 3 is 2.95 bits per heavy atom. The van der Waals surface area contributed by atoms with Gasteiger partial charge in [0.15, 0.2) is 5.82 Å². The van der Waals surface area contributed by atoms with Crippen molar-refractivity contribution in [3.63, 3.8) is 0 Å². The van der Waals surface area contributed by atoms with Crippen molar-refractivity contribution in [3.05, 3.63) is 18.1 Å². The minimum Gasteiger partial charge on any atom is -0.378 e. The lowest BCUT2D eigenvalue weighted by Gasteiger charge is -2.34. The molecule has 1 aliphatic heterocycles. The average Bonchev–Trinajstić information content (AvgIpc) is 2.48. The number of nitrogens with two attached hydrogens (primary N) is 1. The number of amides is 1. The van der Waals surface area contributed by atoms with Crippen molar-refractivity contribution in [1.82, 2.24) is 20.2 Å². The third-order valence-corrected chi connectivity index (χ3v) is 3.19. The first-order valence-corrected chi connectivity index (χ1v) is 7.00. The summed E-state index contributed by atoms with van der Waals surface area (Å²) in [7, 11) is 0. The molecule has 1 fully saturated rings. The first-order chi connectivity index (χ1) is 10.1. The summed E-state index contributed by atoms with van der Waals surface area (Å²) in [6.07, 6.45) is 3.22. The van der Waals surface area contributed by atoms with E-state index in [-0.39, 0.29) is 18.0 Å². The molecule has 1 atom stereocenters. The van der Waals surface area contributed by atoms with Gasteiger partial charge in [-0.1, -0.05) is 0 Å². The van der Waals surface area contributed by atoms with E-state index in [4.69, 9.17) is 10.6 Å². The number of nitrogen functional groups attached to an aromatic ring is 1. The van der Waals surface area contributed by atoms with Gasteiger partial charge >= 0.3 is 0 Å². The lowest BCUT2D eigenvalue weighted by molar-refractivity contribution is -0.133. The lowest BCUT2D eigenvalue weighted by Crippen LogP contribution is -2.54. The van der Waals surface area contributed by atoms with Gasteiger partial charge in [-0.2, -0.15) is 0 Å². The zero-order valence-electron chi connectivity index (χ0n) is 12.4. The predicted octanol–water partition coefficient (Wildman–Crippen LogP) is -0.512. The van der Waals surface area contributed by atoms with E-state index in [9.17, 15) is 4.79 Å². The quantitative estimate of drug-likeness (QED) is 0.496. The summed E-state index contributed by atoms with van der Waals surface area (Å²) in [5, 5.41) is 2.92. The highest BCUT2D eigenvalue weighted by Crippen LogP contribution is 2.12. The number of carbonyl (C=O) groups excluding carboxylic acids is 1. The summed E-state index contributed by atoms with van der Waals surface area (Å²) >= 11 is 0. The molecule has 0 bridgehead atoms. The lowest BCUT2D eigenvalue weighted by atomic mass is 10.2. The topological polar surface area (TPSA) is 105 Å². The van der Waals surface area contributed by atoms with Crippen molar-refractivity contribution in [2.24, 2.45) is 5.84 Å². The van der Waals surface area contributed by atoms with Crippen molar-refractivity contribution in [2.75, 3.05) is 25.2 Å². The second-order valence-electron chi connectivity index (χ2n) is 5.26. The van der Waals surface area contributed by atoms with Crippen LogP contribution < -0.4 is 16.6 Å². The molecule has 0 radical (unpaired) electrons. The van der Waals surface area contributed by atoms with Crippen molar-refractivity contribution in [3.8, 4) is 0 Å². The second-order valence-corrected chi connectivity index (χ2v) is 5.26. The summed E-state index contributed by atoms with van der Waals surface area (Å²) in [6.45, 7) is 6.13. The van der Waals surface area contributed by atoms with Gasteiger partial charge < -0.3 is 15.5 Å². The van der Waals surface area contributed by atoms with Crippen LogP contribution in [0.5, 0.6) is 0 Å². The Kier molecular flexibility index (Phi) is 5.43. The van der Waals surface area contributed by atoms with Crippen molar-refractivity contribution in [1.29, 1.82) is 0 Å². The minimum atomic E-state index is -0.296. The minimum absolute atomic E-state index is 0.0158. The number of ether oxygens (including phenoxy) is 1. The van der Waals surface area contributed by atoms with Gasteiger partial charge in [-0.3, -0.25) is 14.7 Å². The van der Waals surface area contributed by atoms with Crippen LogP contribution in [0.4, 0.5) is 5.82 Å². The fourth-order valence-electron chi connectivity index (χ4n) is 2.17. The highest BCUT2D eigenvalue weighted by Gasteiger charge is 2.29. The fourth-order valence-corrected chi connectivity index (χ4v) is 2.17. The second kappa shape index (κ2) is 7.30. The maximum Gasteiger partial charge on any atom is 0.239 e. The highest BCUT2D eigenvalue weighted by molar-refractivity contribution is 5.82. The highest BCUT2D eigenvalue weighted by atomic mass is 16.5. The Bertz CT molecular complexity index is 464. The number of morpholine rings is 1. The normalized spacial score (nSPS) is 19.5. The van der Waals surface area contributed by atoms with E-state index in [2.05, 4.69) is 25.6 Å². The molecule has 1 amide bonds. The molecule has 0 aliphatic carbocycles. The summed E-state index contributed by atoms with van der Waals surface area (Å²) < 4.78 is 5.42. The smallest absolute Gasteiger partial charge is 0.239 e. The molecule has 1 aromatic heterocycles. The Labute approximate surface area is 124 Å². The van der Waals surface area contributed by atoms with Gasteiger partial charge in [0.05, 0.1) is 31.3 Å². The number of hydrazine groups is 1. The molecule has 1 saturated heterocycles. The number of hydrogen-bond donors (Lipinski definition) is 3. The predicted molar refractivity (Wildman–Crippen MR) is 78.1 cm³/mol. The average molecular weight is 294 g/mol. The molecule has 8 nitrogen and oxygen atoms in total. The largest absolute Gasteiger partial charge is 0.378 e. The van der Waals surface area contributed by atoms with Gasteiger partial charge in [-0.25, -0.2) is 10.8 Å². The molecular weight excluding hydrogens is 272 g/mol. The van der Waals surface area contributed by atoms with Crippen LogP contribution in [0.25, 0.3) is 0 Å². The van der Waals surface area contributed by atoms with Crippen LogP contribution in [0.2, 0.25) is 0 Å². The van der Waals surface area contributed by atoms with E-state index < -0.39 is 0 Å². The number of nitrogens with one attached hydrogen (secondary N) is 2. The molecule has 2 heterocycles. The van der Waals surface area contributed by atoms with E-state index in [1.807, 2.05) is 13.8 Å². The summed E-state index contributed by atoms with van der Waals surface area (Å²) in [5.74, 6) is 5.75. The molecule has 1 aliphatic rings. The first-order valence-electron chi connectivity index (χ1n) is 7.00. The van der Waals surface area contributed by atoms with Gasteiger partial charge in [-0.15, -0.1) is 0 Å². The number of carbonyl (C=O) groups is 1. The van der Waals surface area contributed by atoms with E-state index in [1.165, 1.54) is 0 Å². The van der Waals surface area contributed by atoms with Crippen LogP contribution in [0.15, 0.2) is 12.4 Å². The van der Waals surface area contributed by atoms with Crippen LogP contribution in [-0.2, 0) is 16.1 Å². The van der Waals surface area contributed by atoms with Crippen molar-refractivity contribution >= 4 is 11.7 Å². The van der Waals surface area contributed by atoms with Crippen molar-refractivity contribution < 1.29 is 9.53 Å². The Morgan fingerprint density at radius 1 is 1.52 bits per heavy atom. The number of anilines is 1. The summed E-state index contributed by atoms with van der Waals surface area (Å²) in [4.78, 5) is 22.7. The zero-order valence-corrected chi connectivity index (χ0v) is 12.4. The molecule has 116 valence electrons. The molecule has 2 rings (SSSR count). The molecule has 0 saturated carbocycles. The van der Waals surface area contributed by atoms with E-state index in [0.717, 1.165) is 5.69 Å². The fraction of sp³-hybridized carbons (Fsp3) is 0.615. The SMILES string of the molecule is CC(C)NC(=O)C1COCCN1Cc1cnc(NN)cn1. The van der Waals surface area contributed by atoms with Crippen LogP contribution in [0.3, 0.4) is 0 Å². The zero-order chi connectivity index (χ0) is 15.2. The van der Waals surface area contributed by atoms with E-state index >= 15 is 0 Å². The van der Waals surface area contributed by atoms with Gasteiger partial charge in [0, 0.05) is 19.1 Å². The van der Waals surface area contributed by atoms with E-state index in [0.29, 0.717) is 32.1 Å². The van der Waals surface area contributed by atoms with Crippen LogP contribution in [0.1, 0.15) is 19.5 Å². The summed E-state index contributed by atoms with van der Waals surface area (Å²) in [5.41, 5.74) is 3.23. The molecule has 1 aromatic rings. The molecule has 0 spiro atoms. The Hall–Kier alpha value is -1.77. The maximum absolute atomic E-state index is 12.2. The van der Waals surface area contributed by atoms with Gasteiger partial charge in [0.2, 0.25) is 5.91 Å². The number of rotatable bonds is 5. The maximum atomic E-state index is 12.2. The van der Waals surface area contributed by atoms with Gasteiger partial charge in [0.1, 0.15) is 6.04 Å². The first kappa shape index (κ1) is 15.6. The monoisotopic (exact) mass is 294 g/mol. The Morgan fingerprint density at radius 2 is 2.33 bits per heavy atom. The Balaban J connectivity index is 2.02. The molecular formula is C13H22N6O2. The van der Waals surface area contributed by atoms with Gasteiger partial charge in [-0.05, 0) is 13.8 Å². The number of nitrogens with zero attached hydrogens (tertiary/aromatic N) is 3. The number of hydrogen-bond acceptors (Lipinski definition) is 7. The molecule has 1 unspecified atom stereocenters.